The van der Waals surface area contributed by atoms with E-state index in [0.29, 0.717) is 5.03 Å². The zero-order valence-electron chi connectivity index (χ0n) is 14.1. The van der Waals surface area contributed by atoms with Crippen LogP contribution in [0, 0.1) is 10.1 Å². The van der Waals surface area contributed by atoms with E-state index in [-0.39, 0.29) is 28.6 Å². The fourth-order valence-electron chi connectivity index (χ4n) is 3.05. The smallest absolute Gasteiger partial charge is 0.287 e. The van der Waals surface area contributed by atoms with Crippen molar-refractivity contribution in [1.82, 2.24) is 4.98 Å². The van der Waals surface area contributed by atoms with E-state index in [1.807, 2.05) is 41.3 Å². The van der Waals surface area contributed by atoms with Crippen LogP contribution < -0.4 is 4.90 Å². The van der Waals surface area contributed by atoms with Gasteiger partial charge in [0.15, 0.2) is 0 Å². The van der Waals surface area contributed by atoms with Crippen molar-refractivity contribution < 1.29 is 9.72 Å². The van der Waals surface area contributed by atoms with E-state index in [1.54, 1.807) is 17.8 Å². The van der Waals surface area contributed by atoms with E-state index >= 15 is 0 Å². The Hall–Kier alpha value is -2.58. The Morgan fingerprint density at radius 3 is 2.81 bits per heavy atom. The average molecular weight is 397 g/mol. The van der Waals surface area contributed by atoms with Crippen LogP contribution in [0.25, 0.3) is 0 Å². The molecule has 0 fully saturated rings. The summed E-state index contributed by atoms with van der Waals surface area (Å²) in [6.45, 7) is 0. The van der Waals surface area contributed by atoms with Gasteiger partial charge in [-0.1, -0.05) is 48.2 Å². The van der Waals surface area contributed by atoms with Crippen molar-refractivity contribution in [1.29, 1.82) is 0 Å². The zero-order chi connectivity index (χ0) is 18.8. The number of rotatable bonds is 4. The van der Waals surface area contributed by atoms with Crippen molar-refractivity contribution in [3.8, 4) is 0 Å². The topological polar surface area (TPSA) is 76.3 Å². The molecule has 6 nitrogen and oxygen atoms in total. The summed E-state index contributed by atoms with van der Waals surface area (Å²) < 4.78 is 0. The number of nitro groups is 1. The second-order valence-corrected chi connectivity index (χ2v) is 8.19. The Morgan fingerprint density at radius 1 is 1.22 bits per heavy atom. The Kier molecular flexibility index (Phi) is 5.00. The number of carbonyl (C=O) groups is 1. The highest BCUT2D eigenvalue weighted by Gasteiger charge is 2.36. The first-order valence-corrected chi connectivity index (χ1v) is 10.2. The highest BCUT2D eigenvalue weighted by Crippen LogP contribution is 2.43. The number of carbonyl (C=O) groups excluding carboxylic acids is 1. The fraction of sp³-hybridized carbons (Fsp3) is 0.158. The maximum Gasteiger partial charge on any atom is 0.287 e. The molecule has 1 aliphatic heterocycles. The van der Waals surface area contributed by atoms with Gasteiger partial charge in [-0.2, -0.15) is 0 Å². The number of para-hydroxylation sites is 1. The average Bonchev–Trinajstić information content (AvgIpc) is 2.70. The van der Waals surface area contributed by atoms with Gasteiger partial charge in [0.2, 0.25) is 5.91 Å². The van der Waals surface area contributed by atoms with Gasteiger partial charge in [0.05, 0.1) is 32.7 Å². The third-order valence-corrected chi connectivity index (χ3v) is 6.52. The van der Waals surface area contributed by atoms with Crippen LogP contribution in [0.2, 0.25) is 0 Å². The van der Waals surface area contributed by atoms with Crippen molar-refractivity contribution in [3.05, 3.63) is 77.0 Å². The van der Waals surface area contributed by atoms with Crippen LogP contribution in [0.4, 0.5) is 11.4 Å². The molecule has 2 aromatic rings. The van der Waals surface area contributed by atoms with Crippen molar-refractivity contribution in [2.24, 2.45) is 0 Å². The summed E-state index contributed by atoms with van der Waals surface area (Å²) in [4.78, 5) is 30.3. The van der Waals surface area contributed by atoms with Crippen LogP contribution in [-0.2, 0) is 4.79 Å². The summed E-state index contributed by atoms with van der Waals surface area (Å²) in [5.41, 5.74) is 0.862. The summed E-state index contributed by atoms with van der Waals surface area (Å²) in [5.74, 6) is 0.202. The molecular formula is C19H15N3O3S2. The van der Waals surface area contributed by atoms with Crippen molar-refractivity contribution in [2.75, 3.05) is 10.7 Å². The summed E-state index contributed by atoms with van der Waals surface area (Å²) >= 11 is 3.05. The van der Waals surface area contributed by atoms with Gasteiger partial charge in [0.25, 0.3) is 5.69 Å². The third-order valence-electron chi connectivity index (χ3n) is 4.29. The Labute approximate surface area is 164 Å². The normalized spacial score (nSPS) is 20.1. The molecule has 1 aromatic carbocycles. The standard InChI is InChI=1S/C19H15N3O3S2/c23-19(12-26-18-10-9-13(11-20-18)22(24)25)21-14-5-1-3-7-16(14)27-17-8-4-2-6-15(17)21/h1-11,14,16H,12H2/t14-,16-/m0/s1. The second kappa shape index (κ2) is 7.58. The summed E-state index contributed by atoms with van der Waals surface area (Å²) in [6, 6.07) is 10.9. The van der Waals surface area contributed by atoms with Gasteiger partial charge in [-0.25, -0.2) is 4.98 Å². The van der Waals surface area contributed by atoms with Crippen LogP contribution in [0.15, 0.2) is 76.8 Å². The number of hydrogen-bond donors (Lipinski definition) is 0. The van der Waals surface area contributed by atoms with E-state index in [0.717, 1.165) is 10.6 Å². The molecule has 2 aliphatic rings. The van der Waals surface area contributed by atoms with E-state index in [9.17, 15) is 14.9 Å². The fourth-order valence-corrected chi connectivity index (χ4v) is 5.01. The van der Waals surface area contributed by atoms with Crippen LogP contribution >= 0.6 is 23.5 Å². The Morgan fingerprint density at radius 2 is 2.04 bits per heavy atom. The number of hydrogen-bond acceptors (Lipinski definition) is 6. The van der Waals surface area contributed by atoms with Crippen molar-refractivity contribution in [2.45, 2.75) is 21.2 Å². The summed E-state index contributed by atoms with van der Waals surface area (Å²) in [6.07, 6.45) is 9.38. The van der Waals surface area contributed by atoms with E-state index < -0.39 is 4.92 Å². The first kappa shape index (κ1) is 17.8. The molecule has 0 spiro atoms. The van der Waals surface area contributed by atoms with E-state index in [4.69, 9.17) is 0 Å². The molecule has 1 aliphatic carbocycles. The minimum Gasteiger partial charge on any atom is -0.302 e. The number of anilines is 1. The molecule has 0 saturated carbocycles. The van der Waals surface area contributed by atoms with Gasteiger partial charge >= 0.3 is 0 Å². The lowest BCUT2D eigenvalue weighted by Gasteiger charge is -2.40. The molecule has 0 bridgehead atoms. The van der Waals surface area contributed by atoms with Crippen LogP contribution in [0.1, 0.15) is 0 Å². The quantitative estimate of drug-likeness (QED) is 0.439. The lowest BCUT2D eigenvalue weighted by molar-refractivity contribution is -0.385. The lowest BCUT2D eigenvalue weighted by Crippen LogP contribution is -2.48. The number of amides is 1. The minimum absolute atomic E-state index is 0.0112. The maximum absolute atomic E-state index is 13.1. The van der Waals surface area contributed by atoms with Crippen LogP contribution in [0.5, 0.6) is 0 Å². The van der Waals surface area contributed by atoms with Gasteiger partial charge in [-0.05, 0) is 18.2 Å². The first-order valence-electron chi connectivity index (χ1n) is 8.29. The molecule has 1 aromatic heterocycles. The molecule has 2 heterocycles. The van der Waals surface area contributed by atoms with Crippen LogP contribution in [-0.4, -0.2) is 32.9 Å². The van der Waals surface area contributed by atoms with Gasteiger partial charge in [0, 0.05) is 11.0 Å². The van der Waals surface area contributed by atoms with E-state index in [1.165, 1.54) is 24.0 Å². The van der Waals surface area contributed by atoms with Gasteiger partial charge in [-0.15, -0.1) is 11.8 Å². The number of allylic oxidation sites excluding steroid dienone is 2. The highest BCUT2D eigenvalue weighted by atomic mass is 32.2. The third kappa shape index (κ3) is 3.63. The number of nitrogens with zero attached hydrogens (tertiary/aromatic N) is 3. The number of fused-ring (bicyclic) bond motifs is 2. The molecule has 0 saturated heterocycles. The largest absolute Gasteiger partial charge is 0.302 e. The monoisotopic (exact) mass is 397 g/mol. The van der Waals surface area contributed by atoms with E-state index in [2.05, 4.69) is 17.1 Å². The molecule has 4 rings (SSSR count). The molecule has 136 valence electrons. The Bertz CT molecular complexity index is 943. The first-order chi connectivity index (χ1) is 13.1. The summed E-state index contributed by atoms with van der Waals surface area (Å²) in [7, 11) is 0. The maximum atomic E-state index is 13.1. The molecule has 27 heavy (non-hydrogen) atoms. The lowest BCUT2D eigenvalue weighted by atomic mass is 10.0. The predicted molar refractivity (Wildman–Crippen MR) is 107 cm³/mol. The molecule has 8 heteroatoms. The highest BCUT2D eigenvalue weighted by molar-refractivity contribution is 8.00. The molecule has 1 amide bonds. The van der Waals surface area contributed by atoms with Crippen molar-refractivity contribution in [3.63, 3.8) is 0 Å². The second-order valence-electron chi connectivity index (χ2n) is 5.97. The molecular weight excluding hydrogens is 382 g/mol. The molecule has 2 atom stereocenters. The number of aromatic nitrogens is 1. The minimum atomic E-state index is -0.488. The SMILES string of the molecule is O=C(CSc1ccc([N+](=O)[O-])cn1)N1c2ccccc2S[C@H]2C=CC=C[C@@H]21. The summed E-state index contributed by atoms with van der Waals surface area (Å²) in [5, 5.41) is 11.5. The predicted octanol–water partition coefficient (Wildman–Crippen LogP) is 4.08. The van der Waals surface area contributed by atoms with Gasteiger partial charge < -0.3 is 4.90 Å². The zero-order valence-corrected chi connectivity index (χ0v) is 15.7. The van der Waals surface area contributed by atoms with Gasteiger partial charge in [0.1, 0.15) is 6.20 Å². The number of thioether (sulfide) groups is 2. The number of benzene rings is 1. The van der Waals surface area contributed by atoms with Crippen LogP contribution in [0.3, 0.4) is 0 Å². The Balaban J connectivity index is 1.54. The van der Waals surface area contributed by atoms with Crippen molar-refractivity contribution >= 4 is 40.8 Å². The molecule has 0 radical (unpaired) electrons. The van der Waals surface area contributed by atoms with Gasteiger partial charge in [-0.3, -0.25) is 14.9 Å². The number of pyridine rings is 1. The molecule has 0 N–H and O–H groups in total. The molecule has 0 unspecified atom stereocenters.